The number of aromatic nitrogens is 2. The van der Waals surface area contributed by atoms with Gasteiger partial charge in [-0.25, -0.2) is 4.39 Å². The number of hydrogen-bond acceptors (Lipinski definition) is 2. The fourth-order valence-electron chi connectivity index (χ4n) is 2.38. The number of nitrogens with zero attached hydrogens (tertiary/aromatic N) is 1. The number of carbonyl (C=O) groups excluding carboxylic acids is 1. The fourth-order valence-corrected chi connectivity index (χ4v) is 2.38. The number of aryl methyl sites for hydroxylation is 2. The van der Waals surface area contributed by atoms with Crippen molar-refractivity contribution in [2.24, 2.45) is 0 Å². The van der Waals surface area contributed by atoms with Crippen molar-refractivity contribution in [1.29, 1.82) is 0 Å². The zero-order valence-corrected chi connectivity index (χ0v) is 11.7. The number of fused-ring (bicyclic) bond motifs is 1. The van der Waals surface area contributed by atoms with Gasteiger partial charge in [0, 0.05) is 10.9 Å². The summed E-state index contributed by atoms with van der Waals surface area (Å²) in [5, 5.41) is 10.7. The Balaban J connectivity index is 2.05. The van der Waals surface area contributed by atoms with Crippen LogP contribution in [0.3, 0.4) is 0 Å². The maximum atomic E-state index is 13.8. The molecule has 3 aromatic rings. The summed E-state index contributed by atoms with van der Waals surface area (Å²) in [5.74, 6) is -0.614. The van der Waals surface area contributed by atoms with Crippen molar-refractivity contribution < 1.29 is 9.18 Å². The predicted octanol–water partition coefficient (Wildman–Crippen LogP) is 3.57. The van der Waals surface area contributed by atoms with E-state index in [1.54, 1.807) is 24.3 Å². The van der Waals surface area contributed by atoms with Gasteiger partial charge in [-0.3, -0.25) is 9.89 Å². The normalized spacial score (nSPS) is 10.8. The highest BCUT2D eigenvalue weighted by Crippen LogP contribution is 2.24. The third kappa shape index (κ3) is 2.27. The number of benzene rings is 2. The smallest absolute Gasteiger partial charge is 0.256 e. The summed E-state index contributed by atoms with van der Waals surface area (Å²) in [4.78, 5) is 12.5. The molecule has 0 saturated heterocycles. The maximum absolute atomic E-state index is 13.8. The number of H-pyrrole nitrogens is 1. The molecule has 4 nitrogen and oxygen atoms in total. The van der Waals surface area contributed by atoms with E-state index in [0.29, 0.717) is 27.7 Å². The first-order valence-corrected chi connectivity index (χ1v) is 6.58. The second kappa shape index (κ2) is 5.01. The molecule has 1 aromatic heterocycles. The van der Waals surface area contributed by atoms with Crippen LogP contribution in [-0.4, -0.2) is 16.1 Å². The third-order valence-corrected chi connectivity index (χ3v) is 3.48. The molecule has 0 saturated carbocycles. The molecule has 5 heteroatoms. The van der Waals surface area contributed by atoms with Gasteiger partial charge in [-0.2, -0.15) is 5.10 Å². The molecule has 21 heavy (non-hydrogen) atoms. The number of aromatic amines is 1. The molecular formula is C16H14FN3O. The lowest BCUT2D eigenvalue weighted by molar-refractivity contribution is 0.102. The topological polar surface area (TPSA) is 57.8 Å². The van der Waals surface area contributed by atoms with Crippen molar-refractivity contribution in [3.05, 3.63) is 59.2 Å². The van der Waals surface area contributed by atoms with Gasteiger partial charge < -0.3 is 5.32 Å². The number of amides is 1. The highest BCUT2D eigenvalue weighted by Gasteiger charge is 2.15. The van der Waals surface area contributed by atoms with Crippen LogP contribution in [0.1, 0.15) is 21.7 Å². The van der Waals surface area contributed by atoms with Gasteiger partial charge in [-0.15, -0.1) is 0 Å². The van der Waals surface area contributed by atoms with E-state index in [0.717, 1.165) is 5.69 Å². The Labute approximate surface area is 121 Å². The van der Waals surface area contributed by atoms with Crippen molar-refractivity contribution >= 4 is 22.4 Å². The molecule has 2 N–H and O–H groups in total. The lowest BCUT2D eigenvalue weighted by Gasteiger charge is -2.09. The minimum Gasteiger partial charge on any atom is -0.319 e. The summed E-state index contributed by atoms with van der Waals surface area (Å²) in [6.07, 6.45) is 0. The standard InChI is InChI=1S/C16H14FN3O/c1-9-15(10(2)20-19-9)18-16(21)13-7-8-14(17)12-6-4-3-5-11(12)13/h3-8H,1-2H3,(H,18,21)(H,19,20). The fraction of sp³-hybridized carbons (Fsp3) is 0.125. The van der Waals surface area contributed by atoms with Crippen LogP contribution in [0, 0.1) is 19.7 Å². The van der Waals surface area contributed by atoms with Gasteiger partial charge in [0.05, 0.1) is 17.1 Å². The van der Waals surface area contributed by atoms with Crippen LogP contribution in [0.15, 0.2) is 36.4 Å². The number of hydrogen-bond donors (Lipinski definition) is 2. The van der Waals surface area contributed by atoms with E-state index in [1.165, 1.54) is 12.1 Å². The average Bonchev–Trinajstić information content (AvgIpc) is 2.80. The molecular weight excluding hydrogens is 269 g/mol. The summed E-state index contributed by atoms with van der Waals surface area (Å²) in [5.41, 5.74) is 2.60. The minimum absolute atomic E-state index is 0.279. The molecule has 1 heterocycles. The van der Waals surface area contributed by atoms with Crippen molar-refractivity contribution in [3.63, 3.8) is 0 Å². The first-order valence-electron chi connectivity index (χ1n) is 6.58. The first kappa shape index (κ1) is 13.3. The van der Waals surface area contributed by atoms with Gasteiger partial charge in [-0.05, 0) is 31.4 Å². The molecule has 0 unspecified atom stereocenters. The molecule has 0 aliphatic carbocycles. The summed E-state index contributed by atoms with van der Waals surface area (Å²) in [6.45, 7) is 3.64. The Morgan fingerprint density at radius 1 is 1.14 bits per heavy atom. The highest BCUT2D eigenvalue weighted by atomic mass is 19.1. The third-order valence-electron chi connectivity index (χ3n) is 3.48. The number of halogens is 1. The van der Waals surface area contributed by atoms with E-state index in [-0.39, 0.29) is 11.7 Å². The van der Waals surface area contributed by atoms with Crippen LogP contribution in [0.5, 0.6) is 0 Å². The number of nitrogens with one attached hydrogen (secondary N) is 2. The van der Waals surface area contributed by atoms with E-state index in [1.807, 2.05) is 13.8 Å². The lowest BCUT2D eigenvalue weighted by atomic mass is 10.0. The van der Waals surface area contributed by atoms with Crippen LogP contribution in [-0.2, 0) is 0 Å². The first-order chi connectivity index (χ1) is 10.1. The Hall–Kier alpha value is -2.69. The molecule has 1 amide bonds. The Kier molecular flexibility index (Phi) is 3.17. The second-order valence-electron chi connectivity index (χ2n) is 4.90. The van der Waals surface area contributed by atoms with Gasteiger partial charge in [-0.1, -0.05) is 24.3 Å². The zero-order chi connectivity index (χ0) is 15.0. The monoisotopic (exact) mass is 283 g/mol. The van der Waals surface area contributed by atoms with E-state index in [2.05, 4.69) is 15.5 Å². The average molecular weight is 283 g/mol. The second-order valence-corrected chi connectivity index (χ2v) is 4.90. The van der Waals surface area contributed by atoms with E-state index < -0.39 is 0 Å². The van der Waals surface area contributed by atoms with E-state index in [4.69, 9.17) is 0 Å². The highest BCUT2D eigenvalue weighted by molar-refractivity contribution is 6.13. The maximum Gasteiger partial charge on any atom is 0.256 e. The number of rotatable bonds is 2. The molecule has 0 fully saturated rings. The Bertz CT molecular complexity index is 819. The molecule has 3 rings (SSSR count). The lowest BCUT2D eigenvalue weighted by Crippen LogP contribution is -2.13. The molecule has 0 radical (unpaired) electrons. The molecule has 2 aromatic carbocycles. The quantitative estimate of drug-likeness (QED) is 0.755. The van der Waals surface area contributed by atoms with Crippen molar-refractivity contribution in [2.75, 3.05) is 5.32 Å². The van der Waals surface area contributed by atoms with Crippen LogP contribution < -0.4 is 5.32 Å². The Morgan fingerprint density at radius 3 is 2.52 bits per heavy atom. The summed E-state index contributed by atoms with van der Waals surface area (Å²) >= 11 is 0. The van der Waals surface area contributed by atoms with Gasteiger partial charge in [0.2, 0.25) is 0 Å². The molecule has 0 bridgehead atoms. The van der Waals surface area contributed by atoms with E-state index >= 15 is 0 Å². The zero-order valence-electron chi connectivity index (χ0n) is 11.7. The number of anilines is 1. The molecule has 0 aliphatic rings. The molecule has 0 aliphatic heterocycles. The van der Waals surface area contributed by atoms with Crippen molar-refractivity contribution in [2.45, 2.75) is 13.8 Å². The summed E-state index contributed by atoms with van der Waals surface area (Å²) < 4.78 is 13.8. The molecule has 0 spiro atoms. The van der Waals surface area contributed by atoms with Crippen LogP contribution in [0.2, 0.25) is 0 Å². The van der Waals surface area contributed by atoms with Gasteiger partial charge in [0.15, 0.2) is 0 Å². The Morgan fingerprint density at radius 2 is 1.86 bits per heavy atom. The summed E-state index contributed by atoms with van der Waals surface area (Å²) in [7, 11) is 0. The summed E-state index contributed by atoms with van der Waals surface area (Å²) in [6, 6.07) is 9.74. The van der Waals surface area contributed by atoms with Gasteiger partial charge >= 0.3 is 0 Å². The van der Waals surface area contributed by atoms with E-state index in [9.17, 15) is 9.18 Å². The van der Waals surface area contributed by atoms with Crippen LogP contribution in [0.25, 0.3) is 10.8 Å². The van der Waals surface area contributed by atoms with Gasteiger partial charge in [0.1, 0.15) is 5.82 Å². The SMILES string of the molecule is Cc1n[nH]c(C)c1NC(=O)c1ccc(F)c2ccccc12. The predicted molar refractivity (Wildman–Crippen MR) is 79.9 cm³/mol. The van der Waals surface area contributed by atoms with Crippen molar-refractivity contribution in [3.8, 4) is 0 Å². The van der Waals surface area contributed by atoms with Gasteiger partial charge in [0.25, 0.3) is 5.91 Å². The van der Waals surface area contributed by atoms with Crippen LogP contribution in [0.4, 0.5) is 10.1 Å². The molecule has 106 valence electrons. The van der Waals surface area contributed by atoms with Crippen LogP contribution >= 0.6 is 0 Å². The molecule has 0 atom stereocenters. The number of carbonyl (C=O) groups is 1. The largest absolute Gasteiger partial charge is 0.319 e. The van der Waals surface area contributed by atoms with Crippen molar-refractivity contribution in [1.82, 2.24) is 10.2 Å². The minimum atomic E-state index is -0.335.